The lowest BCUT2D eigenvalue weighted by atomic mass is 10.0. The van der Waals surface area contributed by atoms with Gasteiger partial charge in [0.25, 0.3) is 0 Å². The molecule has 1 aromatic carbocycles. The maximum atomic E-state index is 10.0. The van der Waals surface area contributed by atoms with Gasteiger partial charge in [-0.25, -0.2) is 0 Å². The Balaban J connectivity index is 2.10. The quantitative estimate of drug-likeness (QED) is 0.876. The molecule has 16 heavy (non-hydrogen) atoms. The van der Waals surface area contributed by atoms with Crippen molar-refractivity contribution in [2.24, 2.45) is 0 Å². The Morgan fingerprint density at radius 3 is 2.75 bits per heavy atom. The van der Waals surface area contributed by atoms with Crippen LogP contribution in [0.25, 0.3) is 0 Å². The molecule has 1 atom stereocenters. The Bertz CT molecular complexity index is 478. The average Bonchev–Trinajstić information content (AvgIpc) is 2.65. The summed E-state index contributed by atoms with van der Waals surface area (Å²) in [6, 6.07) is 11.9. The molecule has 3 heteroatoms. The van der Waals surface area contributed by atoms with Gasteiger partial charge in [-0.05, 0) is 24.6 Å². The van der Waals surface area contributed by atoms with Gasteiger partial charge in [-0.2, -0.15) is 0 Å². The molecule has 0 aliphatic heterocycles. The summed E-state index contributed by atoms with van der Waals surface area (Å²) in [4.78, 5) is 0.923. The van der Waals surface area contributed by atoms with Crippen LogP contribution in [0.5, 0.6) is 0 Å². The van der Waals surface area contributed by atoms with Crippen molar-refractivity contribution in [2.45, 2.75) is 19.4 Å². The highest BCUT2D eigenvalue weighted by Crippen LogP contribution is 2.28. The van der Waals surface area contributed by atoms with E-state index in [0.717, 1.165) is 14.8 Å². The summed E-state index contributed by atoms with van der Waals surface area (Å²) in [5.74, 6) is 0. The average molecular weight is 253 g/mol. The van der Waals surface area contributed by atoms with Gasteiger partial charge < -0.3 is 5.11 Å². The molecule has 2 rings (SSSR count). The van der Waals surface area contributed by atoms with Gasteiger partial charge in [-0.1, -0.05) is 41.4 Å². The SMILES string of the molecule is Cc1cccc(CC(O)c2ccc(Cl)s2)c1. The van der Waals surface area contributed by atoms with Crippen molar-refractivity contribution in [2.75, 3.05) is 0 Å². The molecule has 0 bridgehead atoms. The number of benzene rings is 1. The minimum absolute atomic E-state index is 0.459. The second kappa shape index (κ2) is 5.00. The van der Waals surface area contributed by atoms with E-state index in [4.69, 9.17) is 11.6 Å². The van der Waals surface area contributed by atoms with E-state index < -0.39 is 6.10 Å². The summed E-state index contributed by atoms with van der Waals surface area (Å²) in [5, 5.41) is 10.0. The summed E-state index contributed by atoms with van der Waals surface area (Å²) >= 11 is 7.27. The molecule has 1 N–H and O–H groups in total. The van der Waals surface area contributed by atoms with Crippen molar-refractivity contribution < 1.29 is 5.11 Å². The number of aliphatic hydroxyl groups is 1. The van der Waals surface area contributed by atoms with Crippen LogP contribution in [-0.4, -0.2) is 5.11 Å². The van der Waals surface area contributed by atoms with Crippen molar-refractivity contribution in [1.29, 1.82) is 0 Å². The Morgan fingerprint density at radius 1 is 1.31 bits per heavy atom. The highest BCUT2D eigenvalue weighted by molar-refractivity contribution is 7.16. The molecule has 1 nitrogen and oxygen atoms in total. The topological polar surface area (TPSA) is 20.2 Å². The van der Waals surface area contributed by atoms with Crippen LogP contribution in [0.4, 0.5) is 0 Å². The molecule has 0 saturated carbocycles. The van der Waals surface area contributed by atoms with Crippen LogP contribution < -0.4 is 0 Å². The van der Waals surface area contributed by atoms with E-state index in [2.05, 4.69) is 19.1 Å². The third-order valence-electron chi connectivity index (χ3n) is 2.43. The second-order valence-electron chi connectivity index (χ2n) is 3.85. The maximum absolute atomic E-state index is 10.0. The van der Waals surface area contributed by atoms with Gasteiger partial charge in [0, 0.05) is 11.3 Å². The van der Waals surface area contributed by atoms with Crippen molar-refractivity contribution in [3.63, 3.8) is 0 Å². The summed E-state index contributed by atoms with van der Waals surface area (Å²) in [6.07, 6.45) is 0.178. The largest absolute Gasteiger partial charge is 0.387 e. The summed E-state index contributed by atoms with van der Waals surface area (Å²) in [6.45, 7) is 2.05. The normalized spacial score (nSPS) is 12.7. The van der Waals surface area contributed by atoms with E-state index in [1.165, 1.54) is 16.9 Å². The fourth-order valence-corrected chi connectivity index (χ4v) is 2.72. The van der Waals surface area contributed by atoms with Crippen molar-refractivity contribution in [3.05, 3.63) is 56.7 Å². The van der Waals surface area contributed by atoms with Gasteiger partial charge in [0.1, 0.15) is 0 Å². The molecule has 2 aromatic rings. The minimum Gasteiger partial charge on any atom is -0.387 e. The van der Waals surface area contributed by atoms with Crippen LogP contribution in [0.15, 0.2) is 36.4 Å². The van der Waals surface area contributed by atoms with Gasteiger partial charge in [0.15, 0.2) is 0 Å². The van der Waals surface area contributed by atoms with E-state index in [-0.39, 0.29) is 0 Å². The lowest BCUT2D eigenvalue weighted by molar-refractivity contribution is 0.182. The Hall–Kier alpha value is -0.830. The molecular formula is C13H13ClOS. The molecular weight excluding hydrogens is 240 g/mol. The molecule has 0 aliphatic rings. The Labute approximate surface area is 104 Å². The molecule has 0 radical (unpaired) electrons. The number of aliphatic hydroxyl groups excluding tert-OH is 1. The van der Waals surface area contributed by atoms with Gasteiger partial charge in [0.2, 0.25) is 0 Å². The number of aryl methyl sites for hydroxylation is 1. The van der Waals surface area contributed by atoms with Crippen LogP contribution >= 0.6 is 22.9 Å². The fourth-order valence-electron chi connectivity index (χ4n) is 1.67. The van der Waals surface area contributed by atoms with Crippen LogP contribution in [0.2, 0.25) is 4.34 Å². The maximum Gasteiger partial charge on any atom is 0.0932 e. The molecule has 1 heterocycles. The van der Waals surface area contributed by atoms with E-state index in [9.17, 15) is 5.11 Å². The first-order chi connectivity index (χ1) is 7.65. The number of thiophene rings is 1. The molecule has 0 fully saturated rings. The first kappa shape index (κ1) is 11.6. The lowest BCUT2D eigenvalue weighted by Gasteiger charge is -2.08. The molecule has 0 saturated heterocycles. The molecule has 0 amide bonds. The number of halogens is 1. The van der Waals surface area contributed by atoms with Crippen molar-refractivity contribution in [1.82, 2.24) is 0 Å². The second-order valence-corrected chi connectivity index (χ2v) is 5.60. The minimum atomic E-state index is -0.459. The third kappa shape index (κ3) is 2.85. The smallest absolute Gasteiger partial charge is 0.0932 e. The number of hydrogen-bond acceptors (Lipinski definition) is 2. The van der Waals surface area contributed by atoms with Gasteiger partial charge in [0.05, 0.1) is 10.4 Å². The van der Waals surface area contributed by atoms with Crippen LogP contribution in [0, 0.1) is 6.92 Å². The van der Waals surface area contributed by atoms with Gasteiger partial charge in [-0.15, -0.1) is 11.3 Å². The summed E-state index contributed by atoms with van der Waals surface area (Å²) in [7, 11) is 0. The zero-order chi connectivity index (χ0) is 11.5. The van der Waals surface area contributed by atoms with Crippen LogP contribution in [0.3, 0.4) is 0 Å². The van der Waals surface area contributed by atoms with Crippen LogP contribution in [0.1, 0.15) is 22.1 Å². The first-order valence-corrected chi connectivity index (χ1v) is 6.33. The monoisotopic (exact) mass is 252 g/mol. The number of hydrogen-bond donors (Lipinski definition) is 1. The predicted octanol–water partition coefficient (Wildman–Crippen LogP) is 3.99. The highest BCUT2D eigenvalue weighted by Gasteiger charge is 2.10. The van der Waals surface area contributed by atoms with Crippen LogP contribution in [-0.2, 0) is 6.42 Å². The molecule has 0 aliphatic carbocycles. The van der Waals surface area contributed by atoms with Crippen molar-refractivity contribution in [3.8, 4) is 0 Å². The highest BCUT2D eigenvalue weighted by atomic mass is 35.5. The van der Waals surface area contributed by atoms with E-state index in [1.54, 1.807) is 0 Å². The lowest BCUT2D eigenvalue weighted by Crippen LogP contribution is -1.99. The molecule has 0 spiro atoms. The summed E-state index contributed by atoms with van der Waals surface area (Å²) in [5.41, 5.74) is 2.37. The van der Waals surface area contributed by atoms with E-state index >= 15 is 0 Å². The summed E-state index contributed by atoms with van der Waals surface area (Å²) < 4.78 is 0.721. The first-order valence-electron chi connectivity index (χ1n) is 5.14. The fraction of sp³-hybridized carbons (Fsp3) is 0.231. The predicted molar refractivity (Wildman–Crippen MR) is 69.2 cm³/mol. The van der Waals surface area contributed by atoms with Crippen molar-refractivity contribution >= 4 is 22.9 Å². The zero-order valence-electron chi connectivity index (χ0n) is 8.98. The Kier molecular flexibility index (Phi) is 3.64. The molecule has 84 valence electrons. The number of rotatable bonds is 3. The van der Waals surface area contributed by atoms with Gasteiger partial charge >= 0.3 is 0 Å². The van der Waals surface area contributed by atoms with E-state index in [0.29, 0.717) is 6.42 Å². The Morgan fingerprint density at radius 2 is 2.12 bits per heavy atom. The molecule has 1 unspecified atom stereocenters. The standard InChI is InChI=1S/C13H13ClOS/c1-9-3-2-4-10(7-9)8-11(15)12-5-6-13(14)16-12/h2-7,11,15H,8H2,1H3. The molecule has 1 aromatic heterocycles. The third-order valence-corrected chi connectivity index (χ3v) is 3.77. The zero-order valence-corrected chi connectivity index (χ0v) is 10.6. The van der Waals surface area contributed by atoms with E-state index in [1.807, 2.05) is 24.3 Å². The van der Waals surface area contributed by atoms with Gasteiger partial charge in [-0.3, -0.25) is 0 Å².